The van der Waals surface area contributed by atoms with Crippen molar-refractivity contribution < 1.29 is 19.4 Å². The second-order valence-electron chi connectivity index (χ2n) is 2.60. The molecule has 4 nitrogen and oxygen atoms in total. The summed E-state index contributed by atoms with van der Waals surface area (Å²) in [6, 6.07) is 0. The van der Waals surface area contributed by atoms with E-state index in [0.717, 1.165) is 18.9 Å². The average molecular weight is 186 g/mol. The Morgan fingerprint density at radius 3 is 2.46 bits per heavy atom. The highest BCUT2D eigenvalue weighted by Crippen LogP contribution is 2.07. The average Bonchev–Trinajstić information content (AvgIpc) is 2.11. The first kappa shape index (κ1) is 11.7. The highest BCUT2D eigenvalue weighted by molar-refractivity contribution is 5.95. The van der Waals surface area contributed by atoms with Crippen molar-refractivity contribution in [2.24, 2.45) is 0 Å². The number of carboxylic acids is 1. The quantitative estimate of drug-likeness (QED) is 0.520. The molecule has 4 heteroatoms. The summed E-state index contributed by atoms with van der Waals surface area (Å²) in [5.41, 5.74) is 0.105. The first-order chi connectivity index (χ1) is 6.11. The van der Waals surface area contributed by atoms with Gasteiger partial charge < -0.3 is 9.84 Å². The van der Waals surface area contributed by atoms with Gasteiger partial charge in [-0.1, -0.05) is 13.3 Å². The van der Waals surface area contributed by atoms with Gasteiger partial charge in [0, 0.05) is 11.6 Å². The van der Waals surface area contributed by atoms with Crippen molar-refractivity contribution in [1.82, 2.24) is 0 Å². The summed E-state index contributed by atoms with van der Waals surface area (Å²) in [5.74, 6) is -1.67. The minimum atomic E-state index is -1.06. The van der Waals surface area contributed by atoms with E-state index in [-0.39, 0.29) is 5.57 Å². The van der Waals surface area contributed by atoms with E-state index >= 15 is 0 Å². The number of hydrogen-bond donors (Lipinski definition) is 1. The molecule has 0 saturated carbocycles. The molecule has 0 spiro atoms. The summed E-state index contributed by atoms with van der Waals surface area (Å²) in [5, 5.41) is 8.67. The highest BCUT2D eigenvalue weighted by atomic mass is 16.5. The lowest BCUT2D eigenvalue weighted by Crippen LogP contribution is -2.05. The van der Waals surface area contributed by atoms with Gasteiger partial charge in [0.05, 0.1) is 7.11 Å². The van der Waals surface area contributed by atoms with Crippen LogP contribution in [0.15, 0.2) is 11.6 Å². The monoisotopic (exact) mass is 186 g/mol. The zero-order chi connectivity index (χ0) is 10.3. The second-order valence-corrected chi connectivity index (χ2v) is 2.60. The molecule has 74 valence electrons. The molecule has 1 N–H and O–H groups in total. The molecule has 0 aliphatic carbocycles. The minimum Gasteiger partial charge on any atom is -0.478 e. The number of carboxylic acid groups (broad SMARTS) is 1. The Labute approximate surface area is 77.2 Å². The summed E-state index contributed by atoms with van der Waals surface area (Å²) >= 11 is 0. The van der Waals surface area contributed by atoms with Crippen LogP contribution in [-0.2, 0) is 14.3 Å². The normalized spacial score (nSPS) is 11.1. The Morgan fingerprint density at radius 2 is 2.08 bits per heavy atom. The van der Waals surface area contributed by atoms with Gasteiger partial charge in [-0.05, 0) is 12.8 Å². The maximum absolute atomic E-state index is 10.7. The predicted octanol–water partition coefficient (Wildman–Crippen LogP) is 1.36. The third-order valence-corrected chi connectivity index (χ3v) is 1.57. The zero-order valence-corrected chi connectivity index (χ0v) is 7.87. The Morgan fingerprint density at radius 1 is 1.46 bits per heavy atom. The van der Waals surface area contributed by atoms with Crippen LogP contribution in [0.3, 0.4) is 0 Å². The third-order valence-electron chi connectivity index (χ3n) is 1.57. The fraction of sp³-hybridized carbons (Fsp3) is 0.556. The molecule has 0 amide bonds. The van der Waals surface area contributed by atoms with Gasteiger partial charge in [-0.3, -0.25) is 0 Å². The molecule has 0 atom stereocenters. The van der Waals surface area contributed by atoms with Gasteiger partial charge in [-0.15, -0.1) is 0 Å². The Kier molecular flexibility index (Phi) is 5.59. The smallest absolute Gasteiger partial charge is 0.331 e. The fourth-order valence-corrected chi connectivity index (χ4v) is 0.809. The van der Waals surface area contributed by atoms with Crippen LogP contribution in [0.4, 0.5) is 0 Å². The van der Waals surface area contributed by atoms with Crippen molar-refractivity contribution in [3.05, 3.63) is 11.6 Å². The van der Waals surface area contributed by atoms with Gasteiger partial charge in [-0.25, -0.2) is 9.59 Å². The van der Waals surface area contributed by atoms with Gasteiger partial charge in [0.15, 0.2) is 0 Å². The molecule has 0 aliphatic heterocycles. The summed E-state index contributed by atoms with van der Waals surface area (Å²) in [6.07, 6.45) is 3.08. The number of unbranched alkanes of at least 4 members (excludes halogenated alkanes) is 1. The van der Waals surface area contributed by atoms with Gasteiger partial charge in [0.2, 0.25) is 0 Å². The lowest BCUT2D eigenvalue weighted by Gasteiger charge is -1.99. The highest BCUT2D eigenvalue weighted by Gasteiger charge is 2.08. The van der Waals surface area contributed by atoms with Crippen LogP contribution in [0, 0.1) is 0 Å². The Bertz CT molecular complexity index is 218. The minimum absolute atomic E-state index is 0.105. The molecule has 0 aromatic rings. The molecule has 0 aliphatic rings. The summed E-state index contributed by atoms with van der Waals surface area (Å²) in [4.78, 5) is 21.3. The first-order valence-corrected chi connectivity index (χ1v) is 4.13. The molecule has 0 radical (unpaired) electrons. The molecule has 0 saturated heterocycles. The largest absolute Gasteiger partial charge is 0.478 e. The molecule has 0 fully saturated rings. The van der Waals surface area contributed by atoms with E-state index in [9.17, 15) is 9.59 Å². The molecule has 0 unspecified atom stereocenters. The van der Waals surface area contributed by atoms with Crippen LogP contribution in [0.1, 0.15) is 26.2 Å². The lowest BCUT2D eigenvalue weighted by atomic mass is 10.1. The van der Waals surface area contributed by atoms with Gasteiger partial charge in [-0.2, -0.15) is 0 Å². The zero-order valence-electron chi connectivity index (χ0n) is 7.87. The number of esters is 1. The Hall–Kier alpha value is -1.32. The predicted molar refractivity (Wildman–Crippen MR) is 47.3 cm³/mol. The van der Waals surface area contributed by atoms with E-state index in [1.165, 1.54) is 7.11 Å². The number of hydrogen-bond acceptors (Lipinski definition) is 3. The molecule has 0 heterocycles. The molecular weight excluding hydrogens is 172 g/mol. The van der Waals surface area contributed by atoms with E-state index in [2.05, 4.69) is 4.74 Å². The standard InChI is InChI=1S/C9H14O4/c1-3-4-5-7(9(11)12)6-8(10)13-2/h6H,3-5H2,1-2H3,(H,11,12). The third kappa shape index (κ3) is 5.00. The van der Waals surface area contributed by atoms with Crippen LogP contribution in [0.25, 0.3) is 0 Å². The van der Waals surface area contributed by atoms with Crippen LogP contribution >= 0.6 is 0 Å². The van der Waals surface area contributed by atoms with Crippen molar-refractivity contribution in [2.45, 2.75) is 26.2 Å². The van der Waals surface area contributed by atoms with Gasteiger partial charge in [0.1, 0.15) is 0 Å². The van der Waals surface area contributed by atoms with Crippen molar-refractivity contribution in [3.8, 4) is 0 Å². The molecule has 0 bridgehead atoms. The summed E-state index contributed by atoms with van der Waals surface area (Å²) < 4.78 is 4.33. The molecule has 0 aromatic carbocycles. The molecule has 0 aromatic heterocycles. The number of methoxy groups -OCH3 is 1. The maximum Gasteiger partial charge on any atom is 0.331 e. The van der Waals surface area contributed by atoms with Crippen LogP contribution in [0.2, 0.25) is 0 Å². The first-order valence-electron chi connectivity index (χ1n) is 4.13. The van der Waals surface area contributed by atoms with Gasteiger partial charge in [0.25, 0.3) is 0 Å². The molecular formula is C9H14O4. The van der Waals surface area contributed by atoms with Crippen molar-refractivity contribution in [1.29, 1.82) is 0 Å². The second kappa shape index (κ2) is 6.22. The van der Waals surface area contributed by atoms with Gasteiger partial charge >= 0.3 is 11.9 Å². The maximum atomic E-state index is 10.7. The van der Waals surface area contributed by atoms with E-state index in [4.69, 9.17) is 5.11 Å². The molecule has 0 rings (SSSR count). The lowest BCUT2D eigenvalue weighted by molar-refractivity contribution is -0.137. The summed E-state index contributed by atoms with van der Waals surface area (Å²) in [6.45, 7) is 1.96. The van der Waals surface area contributed by atoms with Crippen LogP contribution in [-0.4, -0.2) is 24.2 Å². The number of aliphatic carboxylic acids is 1. The van der Waals surface area contributed by atoms with Crippen molar-refractivity contribution >= 4 is 11.9 Å². The Balaban J connectivity index is 4.32. The summed E-state index contributed by atoms with van der Waals surface area (Å²) in [7, 11) is 1.22. The number of ether oxygens (including phenoxy) is 1. The van der Waals surface area contributed by atoms with Crippen molar-refractivity contribution in [3.63, 3.8) is 0 Å². The topological polar surface area (TPSA) is 63.6 Å². The van der Waals surface area contributed by atoms with E-state index in [0.29, 0.717) is 6.42 Å². The fourth-order valence-electron chi connectivity index (χ4n) is 0.809. The van der Waals surface area contributed by atoms with Crippen molar-refractivity contribution in [2.75, 3.05) is 7.11 Å². The molecule has 13 heavy (non-hydrogen) atoms. The number of carbonyl (C=O) groups excluding carboxylic acids is 1. The number of rotatable bonds is 5. The SMILES string of the molecule is CCCCC(=CC(=O)OC)C(=O)O. The van der Waals surface area contributed by atoms with Crippen LogP contribution in [0.5, 0.6) is 0 Å². The van der Waals surface area contributed by atoms with Crippen LogP contribution < -0.4 is 0 Å². The van der Waals surface area contributed by atoms with E-state index in [1.807, 2.05) is 6.92 Å². The van der Waals surface area contributed by atoms with E-state index in [1.54, 1.807) is 0 Å². The number of carbonyl (C=O) groups is 2. The van der Waals surface area contributed by atoms with E-state index < -0.39 is 11.9 Å².